The Morgan fingerprint density at radius 1 is 1.39 bits per heavy atom. The molecule has 1 aliphatic heterocycles. The Labute approximate surface area is 111 Å². The molecular weight excluding hydrogens is 252 g/mol. The van der Waals surface area contributed by atoms with Gasteiger partial charge in [-0.05, 0) is 39.7 Å². The van der Waals surface area contributed by atoms with E-state index >= 15 is 0 Å². The summed E-state index contributed by atoms with van der Waals surface area (Å²) in [4.78, 5) is 0. The first-order chi connectivity index (χ1) is 8.49. The molecule has 0 saturated carbocycles. The van der Waals surface area contributed by atoms with E-state index < -0.39 is 10.0 Å². The molecule has 5 nitrogen and oxygen atoms in total. The van der Waals surface area contributed by atoms with E-state index in [1.807, 2.05) is 13.8 Å². The Balaban J connectivity index is 2.14. The van der Waals surface area contributed by atoms with Gasteiger partial charge in [0, 0.05) is 12.6 Å². The maximum Gasteiger partial charge on any atom is 0.211 e. The van der Waals surface area contributed by atoms with Crippen LogP contribution in [0, 0.1) is 0 Å². The minimum absolute atomic E-state index is 0.140. The van der Waals surface area contributed by atoms with Crippen molar-refractivity contribution in [2.75, 3.05) is 25.4 Å². The van der Waals surface area contributed by atoms with Crippen LogP contribution in [0.2, 0.25) is 0 Å². The molecule has 1 saturated heterocycles. The lowest BCUT2D eigenvalue weighted by molar-refractivity contribution is 0.0834. The predicted octanol–water partition coefficient (Wildman–Crippen LogP) is 0.863. The second kappa shape index (κ2) is 8.09. The molecule has 1 unspecified atom stereocenters. The average Bonchev–Trinajstić information content (AvgIpc) is 2.34. The zero-order chi connectivity index (χ0) is 13.4. The van der Waals surface area contributed by atoms with Crippen molar-refractivity contribution in [3.8, 4) is 0 Å². The molecule has 1 aliphatic rings. The fraction of sp³-hybridized carbons (Fsp3) is 1.00. The van der Waals surface area contributed by atoms with Crippen molar-refractivity contribution in [2.24, 2.45) is 0 Å². The zero-order valence-electron chi connectivity index (χ0n) is 11.4. The fourth-order valence-electron chi connectivity index (χ4n) is 2.03. The Kier molecular flexibility index (Phi) is 7.14. The van der Waals surface area contributed by atoms with Crippen LogP contribution in [-0.4, -0.2) is 46.0 Å². The van der Waals surface area contributed by atoms with Crippen molar-refractivity contribution in [2.45, 2.75) is 51.7 Å². The van der Waals surface area contributed by atoms with Gasteiger partial charge in [-0.1, -0.05) is 6.42 Å². The van der Waals surface area contributed by atoms with E-state index in [1.165, 1.54) is 12.8 Å². The number of hydrogen-bond donors (Lipinski definition) is 2. The van der Waals surface area contributed by atoms with E-state index in [9.17, 15) is 8.42 Å². The van der Waals surface area contributed by atoms with Crippen LogP contribution in [0.4, 0.5) is 0 Å². The van der Waals surface area contributed by atoms with E-state index in [2.05, 4.69) is 10.0 Å². The van der Waals surface area contributed by atoms with Gasteiger partial charge in [0.25, 0.3) is 0 Å². The van der Waals surface area contributed by atoms with Crippen LogP contribution in [0.15, 0.2) is 0 Å². The molecule has 18 heavy (non-hydrogen) atoms. The lowest BCUT2D eigenvalue weighted by Gasteiger charge is -2.23. The van der Waals surface area contributed by atoms with Crippen LogP contribution in [0.5, 0.6) is 0 Å². The first kappa shape index (κ1) is 15.9. The van der Waals surface area contributed by atoms with E-state index in [0.717, 1.165) is 13.0 Å². The van der Waals surface area contributed by atoms with Crippen LogP contribution in [0.25, 0.3) is 0 Å². The van der Waals surface area contributed by atoms with Crippen molar-refractivity contribution in [1.82, 2.24) is 10.0 Å². The minimum atomic E-state index is -3.15. The minimum Gasteiger partial charge on any atom is -0.377 e. The molecule has 1 heterocycles. The van der Waals surface area contributed by atoms with Gasteiger partial charge < -0.3 is 10.1 Å². The highest BCUT2D eigenvalue weighted by Gasteiger charge is 2.16. The summed E-state index contributed by atoms with van der Waals surface area (Å²) in [7, 11) is -3.15. The summed E-state index contributed by atoms with van der Waals surface area (Å²) in [5.41, 5.74) is 0. The van der Waals surface area contributed by atoms with Gasteiger partial charge in [0.1, 0.15) is 0 Å². The highest BCUT2D eigenvalue weighted by molar-refractivity contribution is 7.89. The molecule has 6 heteroatoms. The van der Waals surface area contributed by atoms with Gasteiger partial charge in [0.2, 0.25) is 10.0 Å². The number of piperidine rings is 1. The highest BCUT2D eigenvalue weighted by atomic mass is 32.2. The van der Waals surface area contributed by atoms with Crippen LogP contribution in [0.1, 0.15) is 39.5 Å². The second-order valence-electron chi connectivity index (χ2n) is 5.07. The van der Waals surface area contributed by atoms with Crippen molar-refractivity contribution >= 4 is 10.0 Å². The predicted molar refractivity (Wildman–Crippen MR) is 73.1 cm³/mol. The number of ether oxygens (including phenoxy) is 1. The molecule has 0 radical (unpaired) electrons. The van der Waals surface area contributed by atoms with E-state index in [1.54, 1.807) is 0 Å². The highest BCUT2D eigenvalue weighted by Crippen LogP contribution is 2.10. The molecule has 0 aromatic heterocycles. The monoisotopic (exact) mass is 278 g/mol. The summed E-state index contributed by atoms with van der Waals surface area (Å²) in [5, 5.41) is 3.36. The van der Waals surface area contributed by atoms with Crippen molar-refractivity contribution < 1.29 is 13.2 Å². The summed E-state index contributed by atoms with van der Waals surface area (Å²) in [6.45, 7) is 5.67. The third-order valence-electron chi connectivity index (χ3n) is 3.02. The molecule has 0 bridgehead atoms. The molecular formula is C12H26N2O3S. The molecule has 1 atom stereocenters. The summed E-state index contributed by atoms with van der Waals surface area (Å²) >= 11 is 0. The number of rotatable bonds is 8. The van der Waals surface area contributed by atoms with Crippen molar-refractivity contribution in [1.29, 1.82) is 0 Å². The SMILES string of the molecule is CC(C)OCCNS(=O)(=O)CCC1CCCCN1. The van der Waals surface area contributed by atoms with E-state index in [0.29, 0.717) is 25.6 Å². The van der Waals surface area contributed by atoms with Crippen molar-refractivity contribution in [3.63, 3.8) is 0 Å². The van der Waals surface area contributed by atoms with E-state index in [4.69, 9.17) is 4.74 Å². The fourth-order valence-corrected chi connectivity index (χ4v) is 3.17. The number of hydrogen-bond acceptors (Lipinski definition) is 4. The molecule has 1 fully saturated rings. The van der Waals surface area contributed by atoms with Gasteiger partial charge >= 0.3 is 0 Å². The normalized spacial score (nSPS) is 21.4. The summed E-state index contributed by atoms with van der Waals surface area (Å²) in [6.07, 6.45) is 4.33. The summed E-state index contributed by atoms with van der Waals surface area (Å²) in [5.74, 6) is 0.201. The lowest BCUT2D eigenvalue weighted by atomic mass is 10.0. The van der Waals surface area contributed by atoms with Crippen LogP contribution < -0.4 is 10.0 Å². The smallest absolute Gasteiger partial charge is 0.211 e. The maximum absolute atomic E-state index is 11.7. The quantitative estimate of drug-likeness (QED) is 0.646. The van der Waals surface area contributed by atoms with Gasteiger partial charge in [0.05, 0.1) is 18.5 Å². The second-order valence-corrected chi connectivity index (χ2v) is 6.99. The maximum atomic E-state index is 11.7. The lowest BCUT2D eigenvalue weighted by Crippen LogP contribution is -2.37. The van der Waals surface area contributed by atoms with Crippen LogP contribution >= 0.6 is 0 Å². The van der Waals surface area contributed by atoms with Gasteiger partial charge in [0.15, 0.2) is 0 Å². The first-order valence-corrected chi connectivity index (χ1v) is 8.47. The first-order valence-electron chi connectivity index (χ1n) is 6.82. The Morgan fingerprint density at radius 2 is 2.17 bits per heavy atom. The number of nitrogens with one attached hydrogen (secondary N) is 2. The van der Waals surface area contributed by atoms with Crippen LogP contribution in [0.3, 0.4) is 0 Å². The molecule has 108 valence electrons. The van der Waals surface area contributed by atoms with Gasteiger partial charge in [-0.2, -0.15) is 0 Å². The molecule has 0 aliphatic carbocycles. The summed E-state index contributed by atoms with van der Waals surface area (Å²) in [6, 6.07) is 0.363. The molecule has 0 amide bonds. The van der Waals surface area contributed by atoms with Crippen LogP contribution in [-0.2, 0) is 14.8 Å². The molecule has 0 aromatic carbocycles. The Hall–Kier alpha value is -0.170. The Bertz CT molecular complexity index is 311. The average molecular weight is 278 g/mol. The van der Waals surface area contributed by atoms with Gasteiger partial charge in [-0.25, -0.2) is 13.1 Å². The standard InChI is InChI=1S/C12H26N2O3S/c1-11(2)17-9-8-14-18(15,16)10-6-12-5-3-4-7-13-12/h11-14H,3-10H2,1-2H3. The molecule has 0 spiro atoms. The largest absolute Gasteiger partial charge is 0.377 e. The zero-order valence-corrected chi connectivity index (χ0v) is 12.3. The van der Waals surface area contributed by atoms with Crippen molar-refractivity contribution in [3.05, 3.63) is 0 Å². The van der Waals surface area contributed by atoms with Gasteiger partial charge in [-0.15, -0.1) is 0 Å². The third-order valence-corrected chi connectivity index (χ3v) is 4.44. The van der Waals surface area contributed by atoms with Gasteiger partial charge in [-0.3, -0.25) is 0 Å². The van der Waals surface area contributed by atoms with E-state index in [-0.39, 0.29) is 11.9 Å². The summed E-state index contributed by atoms with van der Waals surface area (Å²) < 4.78 is 31.3. The Morgan fingerprint density at radius 3 is 2.78 bits per heavy atom. The molecule has 2 N–H and O–H groups in total. The molecule has 0 aromatic rings. The third kappa shape index (κ3) is 7.31. The number of sulfonamides is 1. The molecule has 1 rings (SSSR count). The topological polar surface area (TPSA) is 67.4 Å².